The summed E-state index contributed by atoms with van der Waals surface area (Å²) in [4.78, 5) is 56.6. The number of nitrogens with zero attached hydrogens (tertiary/aromatic N) is 2. The second kappa shape index (κ2) is 13.4. The SMILES string of the molecule is CC(C)C(N)C(=O)OCN1C(=O)[C@@H](NC(=O)[C@H](CCC(F)(F)F)CC(N)=O)N=C(c2ccccc2)c2ccccc21. The molecule has 0 aromatic heterocycles. The van der Waals surface area contributed by atoms with Crippen molar-refractivity contribution >= 4 is 35.1 Å². The Labute approximate surface area is 234 Å². The Kier molecular flexibility index (Phi) is 10.2. The van der Waals surface area contributed by atoms with Crippen molar-refractivity contribution in [2.24, 2.45) is 28.3 Å². The lowest BCUT2D eigenvalue weighted by Gasteiger charge is -2.26. The van der Waals surface area contributed by atoms with Gasteiger partial charge in [-0.3, -0.25) is 24.1 Å². The highest BCUT2D eigenvalue weighted by atomic mass is 19.4. The number of aliphatic imine (C=N–C) groups is 1. The summed E-state index contributed by atoms with van der Waals surface area (Å²) >= 11 is 0. The Morgan fingerprint density at radius 1 is 1.07 bits per heavy atom. The van der Waals surface area contributed by atoms with Gasteiger partial charge in [-0.2, -0.15) is 13.2 Å². The van der Waals surface area contributed by atoms with Crippen molar-refractivity contribution in [2.75, 3.05) is 11.6 Å². The van der Waals surface area contributed by atoms with Gasteiger partial charge in [0.05, 0.1) is 11.4 Å². The van der Waals surface area contributed by atoms with Crippen molar-refractivity contribution in [2.45, 2.75) is 51.5 Å². The van der Waals surface area contributed by atoms with Gasteiger partial charge in [0.15, 0.2) is 6.73 Å². The molecule has 1 heterocycles. The van der Waals surface area contributed by atoms with Crippen molar-refractivity contribution in [1.82, 2.24) is 5.32 Å². The quantitative estimate of drug-likeness (QED) is 0.350. The zero-order valence-corrected chi connectivity index (χ0v) is 22.6. The standard InChI is InChI=1S/C28H32F3N5O5/c1-16(2)22(33)27(40)41-15-36-20-11-7-6-10-19(20)23(17-8-4-3-5-9-17)34-24(26(36)39)35-25(38)18(14-21(32)37)12-13-28(29,30)31/h3-11,16,18,22,24H,12-15,33H2,1-2H3,(H2,32,37)(H,35,38)/t18-,22?,24-/m1/s1. The molecule has 13 heteroatoms. The van der Waals surface area contributed by atoms with Gasteiger partial charge in [-0.05, 0) is 18.4 Å². The molecule has 0 bridgehead atoms. The number of rotatable bonds is 11. The molecule has 0 fully saturated rings. The lowest BCUT2D eigenvalue weighted by molar-refractivity contribution is -0.147. The van der Waals surface area contributed by atoms with E-state index >= 15 is 0 Å². The van der Waals surface area contributed by atoms with Crippen LogP contribution in [0.2, 0.25) is 0 Å². The number of alkyl halides is 3. The topological polar surface area (TPSA) is 157 Å². The Morgan fingerprint density at radius 2 is 1.71 bits per heavy atom. The van der Waals surface area contributed by atoms with Crippen molar-refractivity contribution in [3.63, 3.8) is 0 Å². The number of para-hydroxylation sites is 1. The van der Waals surface area contributed by atoms with Crippen LogP contribution in [0.3, 0.4) is 0 Å². The molecule has 3 rings (SSSR count). The van der Waals surface area contributed by atoms with E-state index in [0.29, 0.717) is 22.5 Å². The molecule has 3 amide bonds. The molecular weight excluding hydrogens is 543 g/mol. The van der Waals surface area contributed by atoms with Crippen molar-refractivity contribution in [1.29, 1.82) is 0 Å². The Hall–Kier alpha value is -4.26. The van der Waals surface area contributed by atoms with Crippen molar-refractivity contribution in [3.05, 3.63) is 65.7 Å². The van der Waals surface area contributed by atoms with Crippen LogP contribution >= 0.6 is 0 Å². The fourth-order valence-corrected chi connectivity index (χ4v) is 4.14. The minimum absolute atomic E-state index is 0.242. The van der Waals surface area contributed by atoms with Crippen LogP contribution in [0, 0.1) is 11.8 Å². The third-order valence-corrected chi connectivity index (χ3v) is 6.46. The Balaban J connectivity index is 2.02. The molecule has 0 saturated heterocycles. The maximum atomic E-state index is 13.8. The lowest BCUT2D eigenvalue weighted by Crippen LogP contribution is -2.50. The summed E-state index contributed by atoms with van der Waals surface area (Å²) in [5.41, 5.74) is 12.7. The summed E-state index contributed by atoms with van der Waals surface area (Å²) in [6, 6.07) is 14.4. The minimum atomic E-state index is -4.58. The summed E-state index contributed by atoms with van der Waals surface area (Å²) in [5, 5.41) is 2.39. The fraction of sp³-hybridized carbons (Fsp3) is 0.393. The molecule has 1 aliphatic rings. The smallest absolute Gasteiger partial charge is 0.389 e. The molecule has 220 valence electrons. The number of carbonyl (C=O) groups is 4. The fourth-order valence-electron chi connectivity index (χ4n) is 4.14. The molecule has 1 unspecified atom stereocenters. The van der Waals surface area contributed by atoms with Gasteiger partial charge in [-0.25, -0.2) is 4.99 Å². The number of primary amides is 1. The Morgan fingerprint density at radius 3 is 2.32 bits per heavy atom. The number of nitrogens with one attached hydrogen (secondary N) is 1. The number of amides is 3. The predicted molar refractivity (Wildman–Crippen MR) is 144 cm³/mol. The molecule has 0 spiro atoms. The molecule has 41 heavy (non-hydrogen) atoms. The van der Waals surface area contributed by atoms with Gasteiger partial charge in [0, 0.05) is 29.9 Å². The van der Waals surface area contributed by atoms with Crippen LogP contribution in [0.25, 0.3) is 0 Å². The van der Waals surface area contributed by atoms with Crippen molar-refractivity contribution in [3.8, 4) is 0 Å². The first-order chi connectivity index (χ1) is 19.3. The van der Waals surface area contributed by atoms with E-state index in [0.717, 1.165) is 4.90 Å². The second-order valence-corrected chi connectivity index (χ2v) is 9.92. The summed E-state index contributed by atoms with van der Waals surface area (Å²) in [5.74, 6) is -5.26. The predicted octanol–water partition coefficient (Wildman–Crippen LogP) is 2.63. The number of benzene rings is 2. The van der Waals surface area contributed by atoms with Crippen LogP contribution in [-0.2, 0) is 23.9 Å². The molecule has 0 aliphatic carbocycles. The number of nitrogens with two attached hydrogens (primary N) is 2. The highest BCUT2D eigenvalue weighted by molar-refractivity contribution is 6.20. The number of hydrogen-bond acceptors (Lipinski definition) is 7. The zero-order valence-electron chi connectivity index (χ0n) is 22.6. The van der Waals surface area contributed by atoms with E-state index in [-0.39, 0.29) is 5.92 Å². The third kappa shape index (κ3) is 8.37. The molecule has 0 saturated carbocycles. The average molecular weight is 576 g/mol. The van der Waals surface area contributed by atoms with E-state index in [1.165, 1.54) is 0 Å². The number of fused-ring (bicyclic) bond motifs is 1. The van der Waals surface area contributed by atoms with E-state index in [4.69, 9.17) is 16.2 Å². The van der Waals surface area contributed by atoms with Crippen LogP contribution in [0.1, 0.15) is 44.2 Å². The molecule has 10 nitrogen and oxygen atoms in total. The summed E-state index contributed by atoms with van der Waals surface area (Å²) in [6.45, 7) is 2.88. The van der Waals surface area contributed by atoms with Gasteiger partial charge in [0.25, 0.3) is 5.91 Å². The van der Waals surface area contributed by atoms with Crippen LogP contribution in [0.4, 0.5) is 18.9 Å². The van der Waals surface area contributed by atoms with Gasteiger partial charge in [-0.15, -0.1) is 0 Å². The number of esters is 1. The first-order valence-electron chi connectivity index (χ1n) is 12.9. The molecular formula is C28H32F3N5O5. The number of benzodiazepines with no additional fused rings is 1. The molecule has 3 atom stereocenters. The number of anilines is 1. The largest absolute Gasteiger partial charge is 0.443 e. The van der Waals surface area contributed by atoms with Crippen LogP contribution in [0.5, 0.6) is 0 Å². The van der Waals surface area contributed by atoms with Crippen LogP contribution < -0.4 is 21.7 Å². The lowest BCUT2D eigenvalue weighted by atomic mass is 9.97. The number of halogens is 3. The Bertz CT molecular complexity index is 1300. The van der Waals surface area contributed by atoms with Gasteiger partial charge in [0.2, 0.25) is 18.0 Å². The van der Waals surface area contributed by atoms with Gasteiger partial charge >= 0.3 is 12.1 Å². The van der Waals surface area contributed by atoms with Crippen LogP contribution in [-0.4, -0.2) is 54.5 Å². The van der Waals surface area contributed by atoms with E-state index < -0.39 is 74.0 Å². The zero-order chi connectivity index (χ0) is 30.3. The molecule has 2 aromatic rings. The average Bonchev–Trinajstić information content (AvgIpc) is 3.03. The molecule has 5 N–H and O–H groups in total. The van der Waals surface area contributed by atoms with Gasteiger partial charge in [-0.1, -0.05) is 62.4 Å². The summed E-state index contributed by atoms with van der Waals surface area (Å²) in [6.07, 6.45) is -8.93. The monoisotopic (exact) mass is 575 g/mol. The molecule has 0 radical (unpaired) electrons. The van der Waals surface area contributed by atoms with E-state index in [9.17, 15) is 32.3 Å². The first-order valence-corrected chi connectivity index (χ1v) is 12.9. The van der Waals surface area contributed by atoms with Gasteiger partial charge < -0.3 is 21.5 Å². The number of hydrogen-bond donors (Lipinski definition) is 3. The third-order valence-electron chi connectivity index (χ3n) is 6.46. The number of carbonyl (C=O) groups excluding carboxylic acids is 4. The maximum Gasteiger partial charge on any atom is 0.389 e. The summed E-state index contributed by atoms with van der Waals surface area (Å²) in [7, 11) is 0. The van der Waals surface area contributed by atoms with Crippen molar-refractivity contribution < 1.29 is 37.1 Å². The van der Waals surface area contributed by atoms with Crippen LogP contribution in [0.15, 0.2) is 59.6 Å². The molecule has 2 aromatic carbocycles. The number of ether oxygens (including phenoxy) is 1. The summed E-state index contributed by atoms with van der Waals surface area (Å²) < 4.78 is 44.1. The van der Waals surface area contributed by atoms with E-state index in [1.807, 2.05) is 0 Å². The minimum Gasteiger partial charge on any atom is -0.443 e. The highest BCUT2D eigenvalue weighted by Gasteiger charge is 2.37. The van der Waals surface area contributed by atoms with Gasteiger partial charge in [0.1, 0.15) is 6.04 Å². The first kappa shape index (κ1) is 31.3. The molecule has 1 aliphatic heterocycles. The highest BCUT2D eigenvalue weighted by Crippen LogP contribution is 2.29. The normalized spacial score (nSPS) is 16.8. The second-order valence-electron chi connectivity index (χ2n) is 9.92. The maximum absolute atomic E-state index is 13.8. The van der Waals surface area contributed by atoms with E-state index in [2.05, 4.69) is 10.3 Å². The van der Waals surface area contributed by atoms with E-state index in [1.54, 1.807) is 68.4 Å².